The Hall–Kier alpha value is -0.970. The standard InChI is InChI=1S/C16H26N2O2/c1-13-3-2-4-16(9-13)20-12-15(19)11-18-10-14-5-7-17-8-6-14/h5-8,13,15-16,18-19H,2-4,9-12H2,1H3. The van der Waals surface area contributed by atoms with Crippen molar-refractivity contribution in [1.82, 2.24) is 10.3 Å². The van der Waals surface area contributed by atoms with Gasteiger partial charge in [0.25, 0.3) is 0 Å². The minimum atomic E-state index is -0.436. The van der Waals surface area contributed by atoms with Gasteiger partial charge in [0.05, 0.1) is 18.8 Å². The second-order valence-corrected chi connectivity index (χ2v) is 5.87. The fourth-order valence-corrected chi connectivity index (χ4v) is 2.72. The Morgan fingerprint density at radius 3 is 2.95 bits per heavy atom. The average molecular weight is 278 g/mol. The maximum Gasteiger partial charge on any atom is 0.0897 e. The summed E-state index contributed by atoms with van der Waals surface area (Å²) in [5.41, 5.74) is 1.18. The van der Waals surface area contributed by atoms with Crippen LogP contribution in [0.15, 0.2) is 24.5 Å². The van der Waals surface area contributed by atoms with Gasteiger partial charge in [-0.3, -0.25) is 4.98 Å². The number of hydrogen-bond donors (Lipinski definition) is 2. The van der Waals surface area contributed by atoms with Crippen LogP contribution in [0.25, 0.3) is 0 Å². The van der Waals surface area contributed by atoms with E-state index in [-0.39, 0.29) is 0 Å². The van der Waals surface area contributed by atoms with Crippen LogP contribution < -0.4 is 5.32 Å². The first-order chi connectivity index (χ1) is 9.74. The molecule has 1 saturated carbocycles. The van der Waals surface area contributed by atoms with E-state index in [1.54, 1.807) is 12.4 Å². The quantitative estimate of drug-likeness (QED) is 0.802. The zero-order chi connectivity index (χ0) is 14.2. The molecule has 1 aliphatic carbocycles. The highest BCUT2D eigenvalue weighted by molar-refractivity contribution is 5.08. The third-order valence-corrected chi connectivity index (χ3v) is 3.87. The van der Waals surface area contributed by atoms with Crippen molar-refractivity contribution < 1.29 is 9.84 Å². The second kappa shape index (κ2) is 8.35. The number of aliphatic hydroxyl groups is 1. The molecule has 0 bridgehead atoms. The van der Waals surface area contributed by atoms with Gasteiger partial charge in [-0.2, -0.15) is 0 Å². The summed E-state index contributed by atoms with van der Waals surface area (Å²) >= 11 is 0. The van der Waals surface area contributed by atoms with Crippen molar-refractivity contribution in [3.8, 4) is 0 Å². The zero-order valence-electron chi connectivity index (χ0n) is 12.3. The first-order valence-electron chi connectivity index (χ1n) is 7.63. The Balaban J connectivity index is 1.57. The first-order valence-corrected chi connectivity index (χ1v) is 7.63. The predicted octanol–water partition coefficient (Wildman–Crippen LogP) is 2.13. The molecule has 0 radical (unpaired) electrons. The van der Waals surface area contributed by atoms with Crippen molar-refractivity contribution in [2.75, 3.05) is 13.2 Å². The summed E-state index contributed by atoms with van der Waals surface area (Å²) in [6.07, 6.45) is 8.31. The van der Waals surface area contributed by atoms with Crippen LogP contribution in [-0.2, 0) is 11.3 Å². The van der Waals surface area contributed by atoms with Crippen LogP contribution in [0.5, 0.6) is 0 Å². The molecule has 1 aromatic heterocycles. The summed E-state index contributed by atoms with van der Waals surface area (Å²) in [4.78, 5) is 3.98. The highest BCUT2D eigenvalue weighted by atomic mass is 16.5. The Morgan fingerprint density at radius 2 is 2.20 bits per heavy atom. The molecule has 2 rings (SSSR count). The maximum atomic E-state index is 9.92. The summed E-state index contributed by atoms with van der Waals surface area (Å²) in [5.74, 6) is 0.760. The second-order valence-electron chi connectivity index (χ2n) is 5.87. The molecule has 3 atom stereocenters. The third kappa shape index (κ3) is 5.57. The fraction of sp³-hybridized carbons (Fsp3) is 0.688. The largest absolute Gasteiger partial charge is 0.389 e. The smallest absolute Gasteiger partial charge is 0.0897 e. The summed E-state index contributed by atoms with van der Waals surface area (Å²) < 4.78 is 5.82. The fourth-order valence-electron chi connectivity index (χ4n) is 2.72. The number of nitrogens with one attached hydrogen (secondary N) is 1. The summed E-state index contributed by atoms with van der Waals surface area (Å²) in [6, 6.07) is 3.94. The molecule has 1 fully saturated rings. The van der Waals surface area contributed by atoms with Crippen molar-refractivity contribution in [3.63, 3.8) is 0 Å². The van der Waals surface area contributed by atoms with Gasteiger partial charge in [-0.1, -0.05) is 19.8 Å². The maximum absolute atomic E-state index is 9.92. The van der Waals surface area contributed by atoms with Gasteiger partial charge in [-0.05, 0) is 36.5 Å². The van der Waals surface area contributed by atoms with Gasteiger partial charge < -0.3 is 15.2 Å². The van der Waals surface area contributed by atoms with E-state index in [0.717, 1.165) is 25.3 Å². The van der Waals surface area contributed by atoms with E-state index in [1.807, 2.05) is 12.1 Å². The van der Waals surface area contributed by atoms with Crippen LogP contribution in [0.4, 0.5) is 0 Å². The molecule has 2 N–H and O–H groups in total. The molecule has 4 heteroatoms. The molecule has 0 saturated heterocycles. The zero-order valence-corrected chi connectivity index (χ0v) is 12.3. The molecule has 0 aliphatic heterocycles. The lowest BCUT2D eigenvalue weighted by molar-refractivity contribution is -0.0306. The highest BCUT2D eigenvalue weighted by Crippen LogP contribution is 2.25. The van der Waals surface area contributed by atoms with Crippen molar-refractivity contribution in [3.05, 3.63) is 30.1 Å². The minimum absolute atomic E-state index is 0.341. The van der Waals surface area contributed by atoms with Gasteiger partial charge in [-0.15, -0.1) is 0 Å². The first kappa shape index (κ1) is 15.4. The number of ether oxygens (including phenoxy) is 1. The monoisotopic (exact) mass is 278 g/mol. The van der Waals surface area contributed by atoms with Crippen molar-refractivity contribution >= 4 is 0 Å². The Kier molecular flexibility index (Phi) is 6.43. The number of rotatable bonds is 7. The SMILES string of the molecule is CC1CCCC(OCC(O)CNCc2ccncc2)C1. The molecule has 112 valence electrons. The number of aliphatic hydroxyl groups excluding tert-OH is 1. The van der Waals surface area contributed by atoms with E-state index in [2.05, 4.69) is 17.2 Å². The van der Waals surface area contributed by atoms with E-state index in [9.17, 15) is 5.11 Å². The Labute approximate surface area is 121 Å². The highest BCUT2D eigenvalue weighted by Gasteiger charge is 2.20. The third-order valence-electron chi connectivity index (χ3n) is 3.87. The Morgan fingerprint density at radius 1 is 1.40 bits per heavy atom. The minimum Gasteiger partial charge on any atom is -0.389 e. The van der Waals surface area contributed by atoms with Crippen LogP contribution in [0.3, 0.4) is 0 Å². The number of hydrogen-bond acceptors (Lipinski definition) is 4. The molecule has 0 amide bonds. The van der Waals surface area contributed by atoms with Crippen molar-refractivity contribution in [1.29, 1.82) is 0 Å². The lowest BCUT2D eigenvalue weighted by Crippen LogP contribution is -2.33. The summed E-state index contributed by atoms with van der Waals surface area (Å²) in [5, 5.41) is 13.2. The topological polar surface area (TPSA) is 54.4 Å². The Bertz CT molecular complexity index is 372. The van der Waals surface area contributed by atoms with Crippen LogP contribution in [0.2, 0.25) is 0 Å². The van der Waals surface area contributed by atoms with E-state index >= 15 is 0 Å². The number of nitrogens with zero attached hydrogens (tertiary/aromatic N) is 1. The van der Waals surface area contributed by atoms with Crippen molar-refractivity contribution in [2.24, 2.45) is 5.92 Å². The average Bonchev–Trinajstić information content (AvgIpc) is 2.46. The molecule has 0 spiro atoms. The van der Waals surface area contributed by atoms with Gasteiger partial charge >= 0.3 is 0 Å². The number of aromatic nitrogens is 1. The summed E-state index contributed by atoms with van der Waals surface area (Å²) in [7, 11) is 0. The lowest BCUT2D eigenvalue weighted by Gasteiger charge is -2.27. The molecular formula is C16H26N2O2. The molecule has 1 aromatic rings. The number of pyridine rings is 1. The van der Waals surface area contributed by atoms with Crippen LogP contribution in [0.1, 0.15) is 38.2 Å². The van der Waals surface area contributed by atoms with Gasteiger partial charge in [0.1, 0.15) is 0 Å². The van der Waals surface area contributed by atoms with Gasteiger partial charge in [0.15, 0.2) is 0 Å². The molecule has 1 aliphatic rings. The molecule has 4 nitrogen and oxygen atoms in total. The van der Waals surface area contributed by atoms with Crippen LogP contribution in [0, 0.1) is 5.92 Å². The molecule has 20 heavy (non-hydrogen) atoms. The molecule has 3 unspecified atom stereocenters. The van der Waals surface area contributed by atoms with Crippen LogP contribution >= 0.6 is 0 Å². The van der Waals surface area contributed by atoms with Gasteiger partial charge in [0.2, 0.25) is 0 Å². The van der Waals surface area contributed by atoms with E-state index < -0.39 is 6.10 Å². The molecular weight excluding hydrogens is 252 g/mol. The van der Waals surface area contributed by atoms with E-state index in [4.69, 9.17) is 4.74 Å². The molecule has 1 heterocycles. The van der Waals surface area contributed by atoms with Gasteiger partial charge in [0, 0.05) is 25.5 Å². The van der Waals surface area contributed by atoms with Gasteiger partial charge in [-0.25, -0.2) is 0 Å². The van der Waals surface area contributed by atoms with E-state index in [0.29, 0.717) is 19.3 Å². The van der Waals surface area contributed by atoms with Crippen molar-refractivity contribution in [2.45, 2.75) is 51.4 Å². The normalized spacial score (nSPS) is 24.5. The molecule has 0 aromatic carbocycles. The summed E-state index contributed by atoms with van der Waals surface area (Å²) in [6.45, 7) is 4.02. The van der Waals surface area contributed by atoms with E-state index in [1.165, 1.54) is 18.4 Å². The predicted molar refractivity (Wildman–Crippen MR) is 79.3 cm³/mol. The lowest BCUT2D eigenvalue weighted by atomic mass is 9.89. The van der Waals surface area contributed by atoms with Crippen LogP contribution in [-0.4, -0.2) is 35.5 Å².